The number of fused-ring (bicyclic) bond motifs is 1. The van der Waals surface area contributed by atoms with Crippen LogP contribution in [0.1, 0.15) is 0 Å². The topological polar surface area (TPSA) is 78.9 Å². The summed E-state index contributed by atoms with van der Waals surface area (Å²) >= 11 is 0. The van der Waals surface area contributed by atoms with Gasteiger partial charge in [0.1, 0.15) is 28.3 Å². The van der Waals surface area contributed by atoms with Crippen LogP contribution < -0.4 is 34.6 Å². The molecule has 8 heteroatoms. The quantitative estimate of drug-likeness (QED) is 0.382. The average Bonchev–Trinajstić information content (AvgIpc) is 2.87. The van der Waals surface area contributed by atoms with Crippen molar-refractivity contribution in [1.82, 2.24) is 4.98 Å². The van der Waals surface area contributed by atoms with Gasteiger partial charge in [-0.05, 0) is 36.4 Å². The zero-order chi connectivity index (χ0) is 23.4. The first kappa shape index (κ1) is 22.5. The molecule has 0 fully saturated rings. The summed E-state index contributed by atoms with van der Waals surface area (Å²) in [6.45, 7) is 0. The standard InChI is InChI=1S/C25H25N2O5P/c1-29-18-10-12-20(13-11-18)33(28,25-22(31-3)15-19(30-2)16-23(25)32-4)27-21-9-5-7-17-8-6-14-26-24(17)21/h5-16H,1-4H3,(H,27,28). The number of methoxy groups -OCH3 is 4. The van der Waals surface area contributed by atoms with Crippen LogP contribution in [0.2, 0.25) is 0 Å². The van der Waals surface area contributed by atoms with Gasteiger partial charge >= 0.3 is 0 Å². The molecule has 1 heterocycles. The first-order valence-electron chi connectivity index (χ1n) is 10.2. The molecule has 0 aliphatic carbocycles. The molecule has 4 aromatic rings. The number of hydrogen-bond donors (Lipinski definition) is 1. The molecule has 0 spiro atoms. The summed E-state index contributed by atoms with van der Waals surface area (Å²) in [5.74, 6) is 1.95. The lowest BCUT2D eigenvalue weighted by Crippen LogP contribution is -2.25. The number of para-hydroxylation sites is 1. The van der Waals surface area contributed by atoms with Crippen LogP contribution in [-0.2, 0) is 4.57 Å². The second-order valence-corrected chi connectivity index (χ2v) is 9.59. The normalized spacial score (nSPS) is 12.6. The van der Waals surface area contributed by atoms with Gasteiger partial charge in [-0.2, -0.15) is 0 Å². The molecule has 170 valence electrons. The molecular weight excluding hydrogens is 439 g/mol. The van der Waals surface area contributed by atoms with Crippen LogP contribution in [0.25, 0.3) is 10.9 Å². The van der Waals surface area contributed by atoms with Gasteiger partial charge in [-0.15, -0.1) is 0 Å². The van der Waals surface area contributed by atoms with Crippen molar-refractivity contribution in [1.29, 1.82) is 0 Å². The molecule has 0 aliphatic rings. The fourth-order valence-corrected chi connectivity index (χ4v) is 6.22. The van der Waals surface area contributed by atoms with Crippen LogP contribution in [0.5, 0.6) is 23.0 Å². The number of rotatable bonds is 8. The lowest BCUT2D eigenvalue weighted by Gasteiger charge is -2.26. The summed E-state index contributed by atoms with van der Waals surface area (Å²) in [6.07, 6.45) is 1.71. The fourth-order valence-electron chi connectivity index (χ4n) is 3.70. The van der Waals surface area contributed by atoms with E-state index in [2.05, 4.69) is 10.1 Å². The predicted molar refractivity (Wildman–Crippen MR) is 131 cm³/mol. The molecule has 7 nitrogen and oxygen atoms in total. The molecule has 33 heavy (non-hydrogen) atoms. The highest BCUT2D eigenvalue weighted by Gasteiger charge is 2.35. The molecule has 1 atom stereocenters. The van der Waals surface area contributed by atoms with Crippen molar-refractivity contribution in [2.75, 3.05) is 33.5 Å². The summed E-state index contributed by atoms with van der Waals surface area (Å²) in [5.41, 5.74) is 1.34. The Morgan fingerprint density at radius 3 is 2.00 bits per heavy atom. The zero-order valence-corrected chi connectivity index (χ0v) is 19.8. The van der Waals surface area contributed by atoms with Gasteiger partial charge in [0.25, 0.3) is 0 Å². The van der Waals surface area contributed by atoms with Crippen molar-refractivity contribution in [3.05, 3.63) is 72.9 Å². The summed E-state index contributed by atoms with van der Waals surface area (Å²) in [7, 11) is 2.62. The third-order valence-electron chi connectivity index (χ3n) is 5.35. The van der Waals surface area contributed by atoms with Crippen molar-refractivity contribution >= 4 is 34.5 Å². The highest BCUT2D eigenvalue weighted by molar-refractivity contribution is 7.80. The molecule has 0 bridgehead atoms. The van der Waals surface area contributed by atoms with Gasteiger partial charge in [-0.25, -0.2) is 0 Å². The second-order valence-electron chi connectivity index (χ2n) is 7.18. The molecule has 1 N–H and O–H groups in total. The SMILES string of the molecule is COc1ccc(P(=O)(Nc2cccc3cccnc23)c2c(OC)cc(OC)cc2OC)cc1. The third kappa shape index (κ3) is 4.20. The van der Waals surface area contributed by atoms with Crippen molar-refractivity contribution in [2.24, 2.45) is 0 Å². The maximum Gasteiger partial charge on any atom is 0.234 e. The summed E-state index contributed by atoms with van der Waals surface area (Å²) in [5, 5.41) is 5.18. The maximum absolute atomic E-state index is 15.0. The zero-order valence-electron chi connectivity index (χ0n) is 18.9. The Kier molecular flexibility index (Phi) is 6.43. The predicted octanol–water partition coefficient (Wildman–Crippen LogP) is 4.61. The average molecular weight is 464 g/mol. The minimum Gasteiger partial charge on any atom is -0.497 e. The van der Waals surface area contributed by atoms with Gasteiger partial charge in [-0.1, -0.05) is 18.2 Å². The van der Waals surface area contributed by atoms with E-state index in [4.69, 9.17) is 18.9 Å². The smallest absolute Gasteiger partial charge is 0.234 e. The highest BCUT2D eigenvalue weighted by atomic mass is 31.2. The van der Waals surface area contributed by atoms with Crippen molar-refractivity contribution in [3.63, 3.8) is 0 Å². The number of nitrogens with one attached hydrogen (secondary N) is 1. The number of hydrogen-bond acceptors (Lipinski definition) is 6. The van der Waals surface area contributed by atoms with E-state index in [-0.39, 0.29) is 0 Å². The van der Waals surface area contributed by atoms with E-state index in [1.165, 1.54) is 14.2 Å². The van der Waals surface area contributed by atoms with E-state index in [0.717, 1.165) is 5.39 Å². The number of anilines is 1. The second kappa shape index (κ2) is 9.43. The van der Waals surface area contributed by atoms with Crippen LogP contribution >= 0.6 is 7.29 Å². The molecule has 1 unspecified atom stereocenters. The first-order valence-corrected chi connectivity index (χ1v) is 11.9. The fraction of sp³-hybridized carbons (Fsp3) is 0.160. The third-order valence-corrected chi connectivity index (χ3v) is 8.00. The van der Waals surface area contributed by atoms with Crippen molar-refractivity contribution in [3.8, 4) is 23.0 Å². The van der Waals surface area contributed by atoms with E-state index in [1.54, 1.807) is 56.8 Å². The van der Waals surface area contributed by atoms with Crippen molar-refractivity contribution in [2.45, 2.75) is 0 Å². The number of ether oxygens (including phenoxy) is 4. The number of pyridine rings is 1. The number of aromatic nitrogens is 1. The maximum atomic E-state index is 15.0. The van der Waals surface area contributed by atoms with Crippen LogP contribution in [0.3, 0.4) is 0 Å². The van der Waals surface area contributed by atoms with Gasteiger partial charge in [0.2, 0.25) is 7.29 Å². The van der Waals surface area contributed by atoms with Crippen LogP contribution in [0.15, 0.2) is 72.9 Å². The minimum atomic E-state index is -3.57. The lowest BCUT2D eigenvalue weighted by molar-refractivity contribution is 0.379. The van der Waals surface area contributed by atoms with Crippen LogP contribution in [-0.4, -0.2) is 33.4 Å². The molecule has 0 radical (unpaired) electrons. The van der Waals surface area contributed by atoms with E-state index >= 15 is 4.57 Å². The molecule has 4 rings (SSSR count). The molecule has 0 saturated heterocycles. The first-order chi connectivity index (χ1) is 16.0. The van der Waals surface area contributed by atoms with Gasteiger partial charge in [-0.3, -0.25) is 9.55 Å². The Morgan fingerprint density at radius 1 is 0.758 bits per heavy atom. The molecule has 0 saturated carbocycles. The monoisotopic (exact) mass is 464 g/mol. The Balaban J connectivity index is 1.99. The molecule has 3 aromatic carbocycles. The molecule has 0 amide bonds. The number of benzene rings is 3. The Morgan fingerprint density at radius 2 is 1.39 bits per heavy atom. The summed E-state index contributed by atoms with van der Waals surface area (Å²) in [4.78, 5) is 4.51. The van der Waals surface area contributed by atoms with Gasteiger partial charge < -0.3 is 24.0 Å². The van der Waals surface area contributed by atoms with Crippen molar-refractivity contribution < 1.29 is 23.5 Å². The van der Waals surface area contributed by atoms with E-state index in [9.17, 15) is 0 Å². The summed E-state index contributed by atoms with van der Waals surface area (Å²) in [6, 6.07) is 20.0. The summed E-state index contributed by atoms with van der Waals surface area (Å²) < 4.78 is 37.0. The van der Waals surface area contributed by atoms with Gasteiger partial charge in [0.05, 0.1) is 39.6 Å². The Hall–Kier alpha value is -3.70. The Labute approximate surface area is 192 Å². The van der Waals surface area contributed by atoms with Gasteiger partial charge in [0, 0.05) is 29.0 Å². The molecular formula is C25H25N2O5P. The Bertz CT molecular complexity index is 1290. The minimum absolute atomic E-state index is 0.381. The molecule has 1 aromatic heterocycles. The van der Waals surface area contributed by atoms with E-state index < -0.39 is 7.29 Å². The van der Waals surface area contributed by atoms with Gasteiger partial charge in [0.15, 0.2) is 0 Å². The van der Waals surface area contributed by atoms with Crippen LogP contribution in [0, 0.1) is 0 Å². The molecule has 0 aliphatic heterocycles. The van der Waals surface area contributed by atoms with E-state index in [0.29, 0.717) is 44.8 Å². The lowest BCUT2D eigenvalue weighted by atomic mass is 10.2. The van der Waals surface area contributed by atoms with Crippen LogP contribution in [0.4, 0.5) is 5.69 Å². The highest BCUT2D eigenvalue weighted by Crippen LogP contribution is 2.50. The number of nitrogens with zero attached hydrogens (tertiary/aromatic N) is 1. The largest absolute Gasteiger partial charge is 0.497 e. The van der Waals surface area contributed by atoms with E-state index in [1.807, 2.05) is 30.3 Å².